The van der Waals surface area contributed by atoms with Gasteiger partial charge in [0.15, 0.2) is 0 Å². The molecule has 3 fully saturated rings. The van der Waals surface area contributed by atoms with E-state index in [9.17, 15) is 14.4 Å². The molecule has 290 valence electrons. The number of nitrogens with zero attached hydrogens (tertiary/aromatic N) is 4. The normalized spacial score (nSPS) is 22.0. The molecule has 4 N–H and O–H groups in total. The predicted octanol–water partition coefficient (Wildman–Crippen LogP) is 7.06. The molecular formula is C44H50N8O4. The quantitative estimate of drug-likeness (QED) is 0.106. The largest absolute Gasteiger partial charge is 0.453 e. The van der Waals surface area contributed by atoms with Gasteiger partial charge < -0.3 is 30.2 Å². The lowest BCUT2D eigenvalue weighted by Gasteiger charge is -2.30. The SMILES string of the molecule is COC(=O)N[C@H](C(=O)N1CCC[C@H]1c1ncc(-c2ccc(-c3ccc(-c4cnc(C5C6CCC(C6)C5C(=O)NCCc5ccccn5)[nH]4)cc3)cc2)[nH]1)C(C)C. The molecule has 3 aromatic heterocycles. The number of imidazole rings is 2. The summed E-state index contributed by atoms with van der Waals surface area (Å²) in [5, 5.41) is 5.91. The van der Waals surface area contributed by atoms with Crippen molar-refractivity contribution >= 4 is 17.9 Å². The van der Waals surface area contributed by atoms with Gasteiger partial charge in [0.2, 0.25) is 11.8 Å². The van der Waals surface area contributed by atoms with Crippen molar-refractivity contribution in [3.05, 3.63) is 103 Å². The van der Waals surface area contributed by atoms with Gasteiger partial charge in [-0.2, -0.15) is 0 Å². The van der Waals surface area contributed by atoms with E-state index in [1.165, 1.54) is 7.11 Å². The second kappa shape index (κ2) is 16.1. The maximum Gasteiger partial charge on any atom is 0.407 e. The van der Waals surface area contributed by atoms with Crippen LogP contribution in [0.4, 0.5) is 4.79 Å². The Balaban J connectivity index is 0.906. The average Bonchev–Trinajstić information content (AvgIpc) is 4.09. The number of ether oxygens (including phenoxy) is 1. The Morgan fingerprint density at radius 2 is 1.46 bits per heavy atom. The zero-order valence-corrected chi connectivity index (χ0v) is 32.2. The van der Waals surface area contributed by atoms with E-state index in [0.717, 1.165) is 89.5 Å². The summed E-state index contributed by atoms with van der Waals surface area (Å²) in [6, 6.07) is 21.9. The highest BCUT2D eigenvalue weighted by atomic mass is 16.5. The lowest BCUT2D eigenvalue weighted by Crippen LogP contribution is -2.51. The van der Waals surface area contributed by atoms with Crippen LogP contribution in [0.15, 0.2) is 85.3 Å². The summed E-state index contributed by atoms with van der Waals surface area (Å²) >= 11 is 0. The number of aromatic nitrogens is 5. The van der Waals surface area contributed by atoms with Crippen LogP contribution in [0.25, 0.3) is 33.6 Å². The number of methoxy groups -OCH3 is 1. The summed E-state index contributed by atoms with van der Waals surface area (Å²) in [7, 11) is 1.30. The van der Waals surface area contributed by atoms with Crippen molar-refractivity contribution in [3.63, 3.8) is 0 Å². The summed E-state index contributed by atoms with van der Waals surface area (Å²) in [6.45, 7) is 5.01. The number of amides is 3. The monoisotopic (exact) mass is 754 g/mol. The number of likely N-dealkylation sites (tertiary alicyclic amines) is 1. The molecule has 4 unspecified atom stereocenters. The second-order valence-electron chi connectivity index (χ2n) is 15.8. The van der Waals surface area contributed by atoms with Gasteiger partial charge in [0, 0.05) is 37.3 Å². The minimum atomic E-state index is -0.676. The summed E-state index contributed by atoms with van der Waals surface area (Å²) in [5.41, 5.74) is 7.05. The third kappa shape index (κ3) is 7.56. The molecule has 2 aliphatic carbocycles. The molecule has 0 spiro atoms. The van der Waals surface area contributed by atoms with Gasteiger partial charge in [0.1, 0.15) is 17.7 Å². The van der Waals surface area contributed by atoms with Gasteiger partial charge in [-0.1, -0.05) is 68.4 Å². The number of carbonyl (C=O) groups is 3. The van der Waals surface area contributed by atoms with Crippen molar-refractivity contribution in [1.29, 1.82) is 0 Å². The van der Waals surface area contributed by atoms with Gasteiger partial charge in [-0.15, -0.1) is 0 Å². The van der Waals surface area contributed by atoms with Crippen molar-refractivity contribution in [2.45, 2.75) is 70.4 Å². The number of nitrogens with one attached hydrogen (secondary N) is 4. The highest BCUT2D eigenvalue weighted by Gasteiger charge is 2.52. The zero-order valence-electron chi connectivity index (χ0n) is 32.2. The van der Waals surface area contributed by atoms with Crippen LogP contribution in [0.5, 0.6) is 0 Å². The van der Waals surface area contributed by atoms with Crippen LogP contribution in [0.1, 0.15) is 75.3 Å². The molecule has 4 heterocycles. The lowest BCUT2D eigenvalue weighted by molar-refractivity contribution is -0.135. The molecule has 8 rings (SSSR count). The number of alkyl carbamates (subject to hydrolysis) is 1. The van der Waals surface area contributed by atoms with Crippen LogP contribution in [-0.4, -0.2) is 74.0 Å². The number of hydrogen-bond acceptors (Lipinski definition) is 7. The minimum Gasteiger partial charge on any atom is -0.453 e. The molecule has 6 atom stereocenters. The van der Waals surface area contributed by atoms with E-state index >= 15 is 0 Å². The van der Waals surface area contributed by atoms with Gasteiger partial charge in [-0.25, -0.2) is 14.8 Å². The number of pyridine rings is 1. The van der Waals surface area contributed by atoms with Gasteiger partial charge >= 0.3 is 6.09 Å². The first-order valence-electron chi connectivity index (χ1n) is 19.9. The fourth-order valence-corrected chi connectivity index (χ4v) is 9.22. The third-order valence-corrected chi connectivity index (χ3v) is 12.1. The third-order valence-electron chi connectivity index (χ3n) is 12.1. The number of carbonyl (C=O) groups excluding carboxylic acids is 3. The summed E-state index contributed by atoms with van der Waals surface area (Å²) in [5.74, 6) is 2.50. The van der Waals surface area contributed by atoms with Crippen molar-refractivity contribution in [1.82, 2.24) is 40.5 Å². The van der Waals surface area contributed by atoms with Crippen molar-refractivity contribution in [2.75, 3.05) is 20.2 Å². The predicted molar refractivity (Wildman–Crippen MR) is 213 cm³/mol. The van der Waals surface area contributed by atoms with Crippen LogP contribution in [0.2, 0.25) is 0 Å². The Kier molecular flexibility index (Phi) is 10.7. The molecular weight excluding hydrogens is 705 g/mol. The Bertz CT molecular complexity index is 2150. The highest BCUT2D eigenvalue weighted by Crippen LogP contribution is 2.56. The number of H-pyrrole nitrogens is 2. The topological polar surface area (TPSA) is 158 Å². The van der Waals surface area contributed by atoms with Crippen molar-refractivity contribution in [2.24, 2.45) is 23.7 Å². The number of benzene rings is 2. The molecule has 2 bridgehead atoms. The Hall–Kier alpha value is -5.78. The Morgan fingerprint density at radius 1 is 0.821 bits per heavy atom. The molecule has 2 saturated carbocycles. The maximum absolute atomic E-state index is 13.5. The standard InChI is InChI=1S/C44H50N8O4/c1-26(2)39(51-44(55)56-3)43(54)52-22-6-8-36(52)40-47-24-34(49-40)29-13-9-27(10-14-29)28-11-15-30(16-12-28)35-25-48-41(50-35)37-31-17-18-32(23-31)38(37)42(53)46-21-19-33-7-4-5-20-45-33/h4-5,7,9-16,20,24-26,31-32,36-39H,6,8,17-19,21-23H2,1-3H3,(H,46,53)(H,47,49)(H,48,50)(H,51,55)/t31?,32?,36-,37?,38?,39-/m0/s1. The van der Waals surface area contributed by atoms with Gasteiger partial charge in [-0.3, -0.25) is 14.6 Å². The molecule has 5 aromatic rings. The van der Waals surface area contributed by atoms with E-state index in [2.05, 4.69) is 79.1 Å². The van der Waals surface area contributed by atoms with Gasteiger partial charge in [-0.05, 0) is 84.2 Å². The number of aromatic amines is 2. The number of rotatable bonds is 12. The fraction of sp³-hybridized carbons (Fsp3) is 0.409. The van der Waals surface area contributed by atoms with E-state index in [1.54, 1.807) is 6.20 Å². The fourth-order valence-electron chi connectivity index (χ4n) is 9.22. The maximum atomic E-state index is 13.5. The van der Waals surface area contributed by atoms with E-state index < -0.39 is 12.1 Å². The van der Waals surface area contributed by atoms with Crippen LogP contribution < -0.4 is 10.6 Å². The molecule has 12 nitrogen and oxygen atoms in total. The van der Waals surface area contributed by atoms with Crippen molar-refractivity contribution < 1.29 is 19.1 Å². The molecule has 1 aliphatic heterocycles. The van der Waals surface area contributed by atoms with E-state index in [0.29, 0.717) is 24.9 Å². The first-order valence-corrected chi connectivity index (χ1v) is 19.9. The Morgan fingerprint density at radius 3 is 2.11 bits per heavy atom. The second-order valence-corrected chi connectivity index (χ2v) is 15.8. The molecule has 12 heteroatoms. The molecule has 3 aliphatic rings. The molecule has 3 amide bonds. The summed E-state index contributed by atoms with van der Waals surface area (Å²) < 4.78 is 4.76. The van der Waals surface area contributed by atoms with E-state index in [-0.39, 0.29) is 35.6 Å². The molecule has 2 aromatic carbocycles. The summed E-state index contributed by atoms with van der Waals surface area (Å²) in [6.07, 6.45) is 10.6. The molecule has 56 heavy (non-hydrogen) atoms. The minimum absolute atomic E-state index is 0.0592. The van der Waals surface area contributed by atoms with Crippen LogP contribution in [0, 0.1) is 23.7 Å². The van der Waals surface area contributed by atoms with Crippen molar-refractivity contribution in [3.8, 4) is 33.6 Å². The first-order chi connectivity index (χ1) is 27.3. The molecule has 0 radical (unpaired) electrons. The smallest absolute Gasteiger partial charge is 0.407 e. The lowest BCUT2D eigenvalue weighted by atomic mass is 9.78. The van der Waals surface area contributed by atoms with Crippen LogP contribution in [0.3, 0.4) is 0 Å². The van der Waals surface area contributed by atoms with E-state index in [4.69, 9.17) is 9.72 Å². The number of hydrogen-bond donors (Lipinski definition) is 4. The van der Waals surface area contributed by atoms with Crippen LogP contribution in [-0.2, 0) is 20.7 Å². The number of fused-ring (bicyclic) bond motifs is 2. The van der Waals surface area contributed by atoms with E-state index in [1.807, 2.05) is 49.3 Å². The first kappa shape index (κ1) is 37.2. The summed E-state index contributed by atoms with van der Waals surface area (Å²) in [4.78, 5) is 61.8. The molecule has 1 saturated heterocycles. The van der Waals surface area contributed by atoms with Gasteiger partial charge in [0.05, 0.1) is 42.9 Å². The van der Waals surface area contributed by atoms with Gasteiger partial charge in [0.25, 0.3) is 0 Å². The highest BCUT2D eigenvalue weighted by molar-refractivity contribution is 5.86. The average molecular weight is 755 g/mol. The van der Waals surface area contributed by atoms with Crippen LogP contribution >= 0.6 is 0 Å². The zero-order chi connectivity index (χ0) is 38.8. The Labute approximate surface area is 327 Å².